The Bertz CT molecular complexity index is 571. The molecule has 0 radical (unpaired) electrons. The molecule has 0 amide bonds. The van der Waals surface area contributed by atoms with Crippen molar-refractivity contribution in [3.8, 4) is 11.5 Å². The molecule has 1 N–H and O–H groups in total. The number of ether oxygens (including phenoxy) is 2. The van der Waals surface area contributed by atoms with Crippen LogP contribution in [0.1, 0.15) is 29.0 Å². The van der Waals surface area contributed by atoms with Gasteiger partial charge in [0.05, 0.1) is 29.6 Å². The molecule has 0 aliphatic heterocycles. The molecule has 2 aromatic rings. The fourth-order valence-corrected chi connectivity index (χ4v) is 4.00. The van der Waals surface area contributed by atoms with Crippen molar-refractivity contribution in [2.75, 3.05) is 20.8 Å². The average molecular weight is 370 g/mol. The summed E-state index contributed by atoms with van der Waals surface area (Å²) in [4.78, 5) is 1.24. The van der Waals surface area contributed by atoms with Gasteiger partial charge < -0.3 is 14.8 Å². The Morgan fingerprint density at radius 1 is 1.24 bits per heavy atom. The number of aryl methyl sites for hydroxylation is 1. The highest BCUT2D eigenvalue weighted by atomic mass is 79.9. The van der Waals surface area contributed by atoms with Crippen LogP contribution in [-0.2, 0) is 0 Å². The van der Waals surface area contributed by atoms with Crippen molar-refractivity contribution in [3.05, 3.63) is 44.1 Å². The summed E-state index contributed by atoms with van der Waals surface area (Å²) >= 11 is 5.35. The second kappa shape index (κ2) is 7.29. The monoisotopic (exact) mass is 369 g/mol. The van der Waals surface area contributed by atoms with E-state index in [9.17, 15) is 0 Å². The van der Waals surface area contributed by atoms with Crippen LogP contribution >= 0.6 is 27.3 Å². The van der Waals surface area contributed by atoms with Gasteiger partial charge in [0.1, 0.15) is 11.5 Å². The molecule has 0 fully saturated rings. The fraction of sp³-hybridized carbons (Fsp3) is 0.375. The standard InChI is InChI=1S/C16H20BrNO2S/c1-5-18-15(13-9-10(2)16(17)21-13)14-11(19-3)7-6-8-12(14)20-4/h6-9,15,18H,5H2,1-4H3. The van der Waals surface area contributed by atoms with Gasteiger partial charge in [-0.05, 0) is 53.2 Å². The zero-order chi connectivity index (χ0) is 15.4. The molecular formula is C16H20BrNO2S. The Morgan fingerprint density at radius 2 is 1.86 bits per heavy atom. The quantitative estimate of drug-likeness (QED) is 0.810. The fourth-order valence-electron chi connectivity index (χ4n) is 2.34. The molecule has 0 spiro atoms. The lowest BCUT2D eigenvalue weighted by molar-refractivity contribution is 0.378. The molecule has 1 aromatic carbocycles. The number of halogens is 1. The van der Waals surface area contributed by atoms with Gasteiger partial charge in [0.25, 0.3) is 0 Å². The summed E-state index contributed by atoms with van der Waals surface area (Å²) in [6.45, 7) is 5.07. The van der Waals surface area contributed by atoms with Crippen molar-refractivity contribution in [2.24, 2.45) is 0 Å². The van der Waals surface area contributed by atoms with Crippen LogP contribution in [0.5, 0.6) is 11.5 Å². The highest BCUT2D eigenvalue weighted by molar-refractivity contribution is 9.11. The first-order valence-corrected chi connectivity index (χ1v) is 8.43. The van der Waals surface area contributed by atoms with Gasteiger partial charge in [-0.15, -0.1) is 11.3 Å². The van der Waals surface area contributed by atoms with Gasteiger partial charge in [-0.2, -0.15) is 0 Å². The minimum Gasteiger partial charge on any atom is -0.496 e. The molecular weight excluding hydrogens is 350 g/mol. The third kappa shape index (κ3) is 3.42. The molecule has 0 bridgehead atoms. The normalized spacial score (nSPS) is 12.2. The smallest absolute Gasteiger partial charge is 0.127 e. The molecule has 21 heavy (non-hydrogen) atoms. The summed E-state index contributed by atoms with van der Waals surface area (Å²) in [6.07, 6.45) is 0. The molecule has 1 aromatic heterocycles. The second-order valence-corrected chi connectivity index (χ2v) is 7.07. The first kappa shape index (κ1) is 16.3. The predicted molar refractivity (Wildman–Crippen MR) is 91.8 cm³/mol. The second-order valence-electron chi connectivity index (χ2n) is 4.67. The lowest BCUT2D eigenvalue weighted by Gasteiger charge is -2.22. The molecule has 1 heterocycles. The van der Waals surface area contributed by atoms with E-state index in [-0.39, 0.29) is 6.04 Å². The zero-order valence-electron chi connectivity index (χ0n) is 12.7. The number of rotatable bonds is 6. The number of thiophene rings is 1. The van der Waals surface area contributed by atoms with E-state index in [0.29, 0.717) is 0 Å². The van der Waals surface area contributed by atoms with Crippen LogP contribution in [0.3, 0.4) is 0 Å². The topological polar surface area (TPSA) is 30.5 Å². The van der Waals surface area contributed by atoms with Crippen LogP contribution in [0.15, 0.2) is 28.1 Å². The number of methoxy groups -OCH3 is 2. The van der Waals surface area contributed by atoms with Crippen LogP contribution in [0, 0.1) is 6.92 Å². The Hall–Kier alpha value is -1.04. The van der Waals surface area contributed by atoms with Crippen LogP contribution in [-0.4, -0.2) is 20.8 Å². The van der Waals surface area contributed by atoms with Gasteiger partial charge in [-0.1, -0.05) is 13.0 Å². The number of hydrogen-bond acceptors (Lipinski definition) is 4. The highest BCUT2D eigenvalue weighted by Gasteiger charge is 2.24. The Morgan fingerprint density at radius 3 is 2.29 bits per heavy atom. The molecule has 0 aliphatic rings. The predicted octanol–water partition coefficient (Wildman–Crippen LogP) is 4.54. The zero-order valence-corrected chi connectivity index (χ0v) is 15.1. The number of nitrogens with one attached hydrogen (secondary N) is 1. The van der Waals surface area contributed by atoms with Gasteiger partial charge >= 0.3 is 0 Å². The summed E-state index contributed by atoms with van der Waals surface area (Å²) in [7, 11) is 3.38. The SMILES string of the molecule is CCNC(c1cc(C)c(Br)s1)c1c(OC)cccc1OC. The molecule has 0 aliphatic carbocycles. The Kier molecular flexibility index (Phi) is 5.67. The van der Waals surface area contributed by atoms with Gasteiger partial charge in [0, 0.05) is 4.88 Å². The van der Waals surface area contributed by atoms with Crippen molar-refractivity contribution < 1.29 is 9.47 Å². The van der Waals surface area contributed by atoms with Crippen molar-refractivity contribution in [1.82, 2.24) is 5.32 Å². The van der Waals surface area contributed by atoms with E-state index >= 15 is 0 Å². The van der Waals surface area contributed by atoms with Gasteiger partial charge in [-0.3, -0.25) is 0 Å². The van der Waals surface area contributed by atoms with E-state index in [4.69, 9.17) is 9.47 Å². The van der Waals surface area contributed by atoms with Gasteiger partial charge in [0.15, 0.2) is 0 Å². The maximum atomic E-state index is 5.55. The largest absolute Gasteiger partial charge is 0.496 e. The molecule has 1 unspecified atom stereocenters. The lowest BCUT2D eigenvalue weighted by Crippen LogP contribution is -2.22. The van der Waals surface area contributed by atoms with Crippen molar-refractivity contribution in [1.29, 1.82) is 0 Å². The molecule has 1 atom stereocenters. The minimum atomic E-state index is 0.0519. The minimum absolute atomic E-state index is 0.0519. The maximum absolute atomic E-state index is 5.55. The molecule has 114 valence electrons. The van der Waals surface area contributed by atoms with E-state index < -0.39 is 0 Å². The molecule has 0 saturated carbocycles. The van der Waals surface area contributed by atoms with Crippen LogP contribution in [0.2, 0.25) is 0 Å². The number of benzene rings is 1. The summed E-state index contributed by atoms with van der Waals surface area (Å²) in [5.74, 6) is 1.67. The van der Waals surface area contributed by atoms with Crippen molar-refractivity contribution in [3.63, 3.8) is 0 Å². The average Bonchev–Trinajstić information content (AvgIpc) is 2.83. The van der Waals surface area contributed by atoms with Gasteiger partial charge in [0.2, 0.25) is 0 Å². The summed E-state index contributed by atoms with van der Waals surface area (Å²) in [5.41, 5.74) is 2.28. The third-order valence-corrected chi connectivity index (χ3v) is 5.53. The van der Waals surface area contributed by atoms with Crippen LogP contribution in [0.25, 0.3) is 0 Å². The summed E-state index contributed by atoms with van der Waals surface area (Å²) < 4.78 is 12.3. The van der Waals surface area contributed by atoms with Crippen molar-refractivity contribution in [2.45, 2.75) is 19.9 Å². The molecule has 5 heteroatoms. The van der Waals surface area contributed by atoms with Crippen LogP contribution in [0.4, 0.5) is 0 Å². The van der Waals surface area contributed by atoms with Gasteiger partial charge in [-0.25, -0.2) is 0 Å². The van der Waals surface area contributed by atoms with E-state index in [1.165, 1.54) is 10.4 Å². The summed E-state index contributed by atoms with van der Waals surface area (Å²) in [5, 5.41) is 3.53. The summed E-state index contributed by atoms with van der Waals surface area (Å²) in [6, 6.07) is 8.14. The van der Waals surface area contributed by atoms with E-state index in [2.05, 4.69) is 41.2 Å². The third-order valence-electron chi connectivity index (χ3n) is 3.32. The Labute approximate surface area is 138 Å². The van der Waals surface area contributed by atoms with E-state index in [0.717, 1.165) is 27.4 Å². The highest BCUT2D eigenvalue weighted by Crippen LogP contribution is 2.41. The van der Waals surface area contributed by atoms with Crippen molar-refractivity contribution >= 4 is 27.3 Å². The number of hydrogen-bond donors (Lipinski definition) is 1. The van der Waals surface area contributed by atoms with E-state index in [1.807, 2.05) is 18.2 Å². The maximum Gasteiger partial charge on any atom is 0.127 e. The first-order chi connectivity index (χ1) is 10.1. The first-order valence-electron chi connectivity index (χ1n) is 6.82. The lowest BCUT2D eigenvalue weighted by atomic mass is 10.0. The Balaban J connectivity index is 2.57. The van der Waals surface area contributed by atoms with E-state index in [1.54, 1.807) is 25.6 Å². The molecule has 0 saturated heterocycles. The van der Waals surface area contributed by atoms with Crippen LogP contribution < -0.4 is 14.8 Å². The molecule has 3 nitrogen and oxygen atoms in total. The molecule has 2 rings (SSSR count).